The number of alkyl carbamates (subject to hydrolysis) is 1. The highest BCUT2D eigenvalue weighted by atomic mass is 127. The van der Waals surface area contributed by atoms with Crippen LogP contribution in [0.25, 0.3) is 0 Å². The van der Waals surface area contributed by atoms with E-state index in [0.717, 1.165) is 11.1 Å². The highest BCUT2D eigenvalue weighted by Crippen LogP contribution is 2.18. The number of rotatable bonds is 21. The summed E-state index contributed by atoms with van der Waals surface area (Å²) in [5.41, 5.74) is 0.820. The second-order valence-electron chi connectivity index (χ2n) is 12.8. The van der Waals surface area contributed by atoms with Crippen LogP contribution < -0.4 is 30.7 Å². The number of alkyl halides is 1. The summed E-state index contributed by atoms with van der Waals surface area (Å²) < 4.78 is 21.3. The van der Waals surface area contributed by atoms with Crippen molar-refractivity contribution in [3.05, 3.63) is 85.0 Å². The number of carbonyl (C=O) groups excluding carboxylic acids is 5. The second-order valence-corrected chi connectivity index (χ2v) is 14.1. The molecule has 0 aliphatic rings. The van der Waals surface area contributed by atoms with Crippen LogP contribution in [-0.2, 0) is 41.5 Å². The quantitative estimate of drug-likeness (QED) is 0.0458. The maximum atomic E-state index is 13.8. The summed E-state index contributed by atoms with van der Waals surface area (Å²) in [5.74, 6) is -1.08. The van der Waals surface area contributed by atoms with Crippen molar-refractivity contribution in [2.45, 2.75) is 87.6 Å². The molecule has 0 aliphatic carbocycles. The lowest BCUT2D eigenvalue weighted by Gasteiger charge is -2.25. The van der Waals surface area contributed by atoms with Crippen molar-refractivity contribution >= 4 is 52.4 Å². The van der Waals surface area contributed by atoms with Gasteiger partial charge in [-0.15, -0.1) is 0 Å². The predicted molar refractivity (Wildman–Crippen MR) is 206 cm³/mol. The molecule has 0 heterocycles. The minimum Gasteiger partial charge on any atom is -0.490 e. The molecule has 284 valence electrons. The lowest BCUT2D eigenvalue weighted by molar-refractivity contribution is -0.145. The Morgan fingerprint density at radius 3 is 1.90 bits per heavy atom. The molecule has 0 saturated heterocycles. The monoisotopic (exact) mass is 834 g/mol. The van der Waals surface area contributed by atoms with Crippen molar-refractivity contribution in [3.8, 4) is 11.5 Å². The highest BCUT2D eigenvalue weighted by molar-refractivity contribution is 14.1. The molecule has 0 spiro atoms. The van der Waals surface area contributed by atoms with Gasteiger partial charge in [-0.1, -0.05) is 43.5 Å². The molecule has 0 bridgehead atoms. The number of esters is 1. The van der Waals surface area contributed by atoms with Crippen LogP contribution in [0.3, 0.4) is 0 Å². The van der Waals surface area contributed by atoms with Gasteiger partial charge < -0.3 is 40.2 Å². The molecule has 4 amide bonds. The molecule has 4 atom stereocenters. The summed E-state index contributed by atoms with van der Waals surface area (Å²) in [7, 11) is 1.22. The Bertz CT molecular complexity index is 1490. The SMILES string of the molecule is C=CCOc1ccc(C[C@H](NC(=O)[C@@H](CCCCNC(=O)OC(C)(C)C)NC(=O)[C@H](Cc2ccc(O[C@H](I)C=C)cc2)NC(C)=O)C(=O)OC)cc1. The average Bonchev–Trinajstić information content (AvgIpc) is 3.09. The average molecular weight is 835 g/mol. The van der Waals surface area contributed by atoms with Gasteiger partial charge in [-0.05, 0) is 104 Å². The van der Waals surface area contributed by atoms with Crippen LogP contribution in [0.2, 0.25) is 0 Å². The summed E-state index contributed by atoms with van der Waals surface area (Å²) in [6.07, 6.45) is 4.00. The van der Waals surface area contributed by atoms with Gasteiger partial charge in [0.15, 0.2) is 4.11 Å². The zero-order valence-electron chi connectivity index (χ0n) is 30.5. The van der Waals surface area contributed by atoms with Gasteiger partial charge >= 0.3 is 12.1 Å². The summed E-state index contributed by atoms with van der Waals surface area (Å²) in [5, 5.41) is 10.9. The van der Waals surface area contributed by atoms with Gasteiger partial charge in [0, 0.05) is 26.3 Å². The first-order valence-electron chi connectivity index (χ1n) is 16.9. The number of hydrogen-bond donors (Lipinski definition) is 4. The molecule has 0 aliphatic heterocycles. The van der Waals surface area contributed by atoms with Crippen LogP contribution in [0.1, 0.15) is 58.1 Å². The van der Waals surface area contributed by atoms with E-state index < -0.39 is 53.5 Å². The van der Waals surface area contributed by atoms with Crippen molar-refractivity contribution in [1.82, 2.24) is 21.3 Å². The summed E-state index contributed by atoms with van der Waals surface area (Å²) in [4.78, 5) is 64.6. The van der Waals surface area contributed by atoms with Gasteiger partial charge in [0.1, 0.15) is 41.8 Å². The van der Waals surface area contributed by atoms with E-state index in [1.54, 1.807) is 81.5 Å². The number of carbonyl (C=O) groups is 5. The summed E-state index contributed by atoms with van der Waals surface area (Å²) in [6, 6.07) is 10.9. The normalized spacial score (nSPS) is 13.2. The minimum absolute atomic E-state index is 0.111. The van der Waals surface area contributed by atoms with Gasteiger partial charge in [0.2, 0.25) is 17.7 Å². The van der Waals surface area contributed by atoms with E-state index in [1.807, 2.05) is 0 Å². The van der Waals surface area contributed by atoms with Crippen molar-refractivity contribution < 1.29 is 42.9 Å². The highest BCUT2D eigenvalue weighted by Gasteiger charge is 2.30. The number of ether oxygens (including phenoxy) is 4. The molecule has 2 rings (SSSR count). The molecule has 0 saturated carbocycles. The molecule has 0 fully saturated rings. The van der Waals surface area contributed by atoms with Gasteiger partial charge in [-0.2, -0.15) is 0 Å². The van der Waals surface area contributed by atoms with Gasteiger partial charge in [0.25, 0.3) is 0 Å². The Balaban J connectivity index is 2.24. The van der Waals surface area contributed by atoms with Crippen LogP contribution in [0, 0.1) is 0 Å². The third-order valence-electron chi connectivity index (χ3n) is 7.25. The largest absolute Gasteiger partial charge is 0.490 e. The van der Waals surface area contributed by atoms with Crippen molar-refractivity contribution in [2.24, 2.45) is 0 Å². The Morgan fingerprint density at radius 1 is 0.808 bits per heavy atom. The molecular formula is C38H51IN4O9. The van der Waals surface area contributed by atoms with Crippen molar-refractivity contribution in [2.75, 3.05) is 20.3 Å². The smallest absolute Gasteiger partial charge is 0.407 e. The number of nitrogens with one attached hydrogen (secondary N) is 4. The Morgan fingerprint density at radius 2 is 1.37 bits per heavy atom. The maximum absolute atomic E-state index is 13.8. The number of unbranched alkanes of at least 4 members (excludes halogenated alkanes) is 1. The van der Waals surface area contributed by atoms with Gasteiger partial charge in [0.05, 0.1) is 7.11 Å². The summed E-state index contributed by atoms with van der Waals surface area (Å²) >= 11 is 2.09. The Hall–Kier alpha value is -4.60. The van der Waals surface area contributed by atoms with E-state index in [0.29, 0.717) is 30.9 Å². The van der Waals surface area contributed by atoms with Crippen LogP contribution in [0.4, 0.5) is 4.79 Å². The lowest BCUT2D eigenvalue weighted by Crippen LogP contribution is -2.56. The third-order valence-corrected chi connectivity index (χ3v) is 8.01. The molecule has 52 heavy (non-hydrogen) atoms. The maximum Gasteiger partial charge on any atom is 0.407 e. The number of halogens is 1. The van der Waals surface area contributed by atoms with Gasteiger partial charge in [-0.3, -0.25) is 14.4 Å². The Labute approximate surface area is 319 Å². The van der Waals surface area contributed by atoms with Crippen LogP contribution in [0.5, 0.6) is 11.5 Å². The first kappa shape index (κ1) is 43.6. The first-order chi connectivity index (χ1) is 24.6. The second kappa shape index (κ2) is 22.4. The molecule has 4 N–H and O–H groups in total. The van der Waals surface area contributed by atoms with E-state index in [9.17, 15) is 24.0 Å². The van der Waals surface area contributed by atoms with E-state index >= 15 is 0 Å². The zero-order chi connectivity index (χ0) is 38.7. The zero-order valence-corrected chi connectivity index (χ0v) is 32.7. The van der Waals surface area contributed by atoms with Crippen LogP contribution >= 0.6 is 22.6 Å². The number of amides is 4. The number of methoxy groups -OCH3 is 1. The fourth-order valence-electron chi connectivity index (χ4n) is 4.81. The van der Waals surface area contributed by atoms with Gasteiger partial charge in [-0.25, -0.2) is 9.59 Å². The van der Waals surface area contributed by atoms with Crippen molar-refractivity contribution in [3.63, 3.8) is 0 Å². The predicted octanol–water partition coefficient (Wildman–Crippen LogP) is 4.70. The molecule has 13 nitrogen and oxygen atoms in total. The molecule has 0 aromatic heterocycles. The number of hydrogen-bond acceptors (Lipinski definition) is 9. The van der Waals surface area contributed by atoms with Crippen LogP contribution in [0.15, 0.2) is 73.8 Å². The molecular weight excluding hydrogens is 783 g/mol. The molecule has 0 radical (unpaired) electrons. The van der Waals surface area contributed by atoms with Crippen LogP contribution in [-0.4, -0.2) is 77.9 Å². The van der Waals surface area contributed by atoms with E-state index in [2.05, 4.69) is 57.0 Å². The Kier molecular flexibility index (Phi) is 18.7. The third kappa shape index (κ3) is 17.1. The fourth-order valence-corrected chi connectivity index (χ4v) is 5.11. The standard InChI is InChI=1S/C38H51IN4O9/c1-8-22-50-28-17-13-27(14-18-28)24-32(36(47)49-7)43-34(45)30(12-10-11-21-40-37(48)52-38(4,5)6)42-35(46)31(41-25(3)44)23-26-15-19-29(20-16-26)51-33(39)9-2/h8-9,13-20,30-33H,1-2,10-12,21-24H2,3-7H3,(H,40,48)(H,41,44)(H,42,46)(H,43,45)/t30-,31+,32+,33+/m1/s1. The lowest BCUT2D eigenvalue weighted by atomic mass is 10.0. The van der Waals surface area contributed by atoms with Crippen molar-refractivity contribution in [1.29, 1.82) is 0 Å². The molecule has 2 aromatic carbocycles. The minimum atomic E-state index is -1.10. The fraction of sp³-hybridized carbons (Fsp3) is 0.447. The first-order valence-corrected chi connectivity index (χ1v) is 18.2. The molecule has 2 aromatic rings. The number of benzene rings is 2. The topological polar surface area (TPSA) is 170 Å². The molecule has 0 unspecified atom stereocenters. The van der Waals surface area contributed by atoms with E-state index in [-0.39, 0.29) is 29.9 Å². The van der Waals surface area contributed by atoms with E-state index in [4.69, 9.17) is 18.9 Å². The summed E-state index contributed by atoms with van der Waals surface area (Å²) in [6.45, 7) is 14.5. The molecule has 14 heteroatoms. The van der Waals surface area contributed by atoms with E-state index in [1.165, 1.54) is 14.0 Å².